The molecule has 0 radical (unpaired) electrons. The summed E-state index contributed by atoms with van der Waals surface area (Å²) in [7, 11) is 0. The zero-order valence-corrected chi connectivity index (χ0v) is 12.9. The first-order chi connectivity index (χ1) is 9.16. The SMILES string of the molecule is CC(N)c1ccc(N2CCOC3CCCC32)c(Br)c1. The maximum absolute atomic E-state index is 5.94. The van der Waals surface area contributed by atoms with E-state index >= 15 is 0 Å². The molecule has 3 rings (SSSR count). The molecule has 1 saturated heterocycles. The van der Waals surface area contributed by atoms with Gasteiger partial charge in [-0.25, -0.2) is 0 Å². The summed E-state index contributed by atoms with van der Waals surface area (Å²) in [5.74, 6) is 0. The second-order valence-electron chi connectivity index (χ2n) is 5.60. The number of anilines is 1. The maximum Gasteiger partial charge on any atom is 0.0779 e. The van der Waals surface area contributed by atoms with E-state index in [2.05, 4.69) is 39.0 Å². The highest BCUT2D eigenvalue weighted by atomic mass is 79.9. The molecular formula is C15H21BrN2O. The molecule has 3 unspecified atom stereocenters. The Balaban J connectivity index is 1.88. The van der Waals surface area contributed by atoms with E-state index in [9.17, 15) is 0 Å². The van der Waals surface area contributed by atoms with E-state index in [0.717, 1.165) is 17.6 Å². The van der Waals surface area contributed by atoms with Crippen molar-refractivity contribution in [3.8, 4) is 0 Å². The number of hydrogen-bond donors (Lipinski definition) is 1. The zero-order valence-electron chi connectivity index (χ0n) is 11.3. The lowest BCUT2D eigenvalue weighted by molar-refractivity contribution is 0.0256. The molecule has 3 nitrogen and oxygen atoms in total. The molecule has 1 heterocycles. The molecule has 4 heteroatoms. The predicted molar refractivity (Wildman–Crippen MR) is 81.5 cm³/mol. The molecule has 2 fully saturated rings. The standard InChI is InChI=1S/C15H21BrN2O/c1-10(17)11-5-6-13(12(16)9-11)18-7-8-19-15-4-2-3-14(15)18/h5-6,9-10,14-15H,2-4,7-8,17H2,1H3. The summed E-state index contributed by atoms with van der Waals surface area (Å²) in [6.07, 6.45) is 4.15. The van der Waals surface area contributed by atoms with Gasteiger partial charge < -0.3 is 15.4 Å². The molecule has 2 N–H and O–H groups in total. The molecular weight excluding hydrogens is 304 g/mol. The summed E-state index contributed by atoms with van der Waals surface area (Å²) in [4.78, 5) is 2.51. The Morgan fingerprint density at radius 1 is 1.42 bits per heavy atom. The molecule has 19 heavy (non-hydrogen) atoms. The second-order valence-corrected chi connectivity index (χ2v) is 6.45. The van der Waals surface area contributed by atoms with E-state index in [1.807, 2.05) is 6.92 Å². The highest BCUT2D eigenvalue weighted by Crippen LogP contribution is 2.37. The van der Waals surface area contributed by atoms with Gasteiger partial charge in [-0.15, -0.1) is 0 Å². The summed E-state index contributed by atoms with van der Waals surface area (Å²) in [6.45, 7) is 3.84. The van der Waals surface area contributed by atoms with E-state index in [1.165, 1.54) is 30.5 Å². The maximum atomic E-state index is 5.94. The summed E-state index contributed by atoms with van der Waals surface area (Å²) in [6, 6.07) is 7.12. The summed E-state index contributed by atoms with van der Waals surface area (Å²) in [5, 5.41) is 0. The monoisotopic (exact) mass is 324 g/mol. The highest BCUT2D eigenvalue weighted by Gasteiger charge is 2.36. The quantitative estimate of drug-likeness (QED) is 0.907. The third kappa shape index (κ3) is 2.54. The fraction of sp³-hybridized carbons (Fsp3) is 0.600. The molecule has 1 saturated carbocycles. The minimum Gasteiger partial charge on any atom is -0.374 e. The van der Waals surface area contributed by atoms with Crippen LogP contribution >= 0.6 is 15.9 Å². The summed E-state index contributed by atoms with van der Waals surface area (Å²) < 4.78 is 7.03. The van der Waals surface area contributed by atoms with Gasteiger partial charge in [0.25, 0.3) is 0 Å². The Bertz CT molecular complexity index is 463. The van der Waals surface area contributed by atoms with Crippen molar-refractivity contribution in [2.24, 2.45) is 5.73 Å². The number of benzene rings is 1. The van der Waals surface area contributed by atoms with Gasteiger partial charge in [0.2, 0.25) is 0 Å². The smallest absolute Gasteiger partial charge is 0.0779 e. The molecule has 1 aromatic carbocycles. The average Bonchev–Trinajstić information content (AvgIpc) is 2.86. The lowest BCUT2D eigenvalue weighted by Crippen LogP contribution is -2.48. The number of morpholine rings is 1. The first kappa shape index (κ1) is 13.4. The lowest BCUT2D eigenvalue weighted by atomic mass is 10.1. The number of nitrogens with zero attached hydrogens (tertiary/aromatic N) is 1. The van der Waals surface area contributed by atoms with E-state index in [0.29, 0.717) is 12.1 Å². The predicted octanol–water partition coefficient (Wildman–Crippen LogP) is 3.23. The Kier molecular flexibility index (Phi) is 3.83. The molecule has 104 valence electrons. The molecule has 3 atom stereocenters. The van der Waals surface area contributed by atoms with Crippen LogP contribution in [0.3, 0.4) is 0 Å². The summed E-state index contributed by atoms with van der Waals surface area (Å²) >= 11 is 3.71. The van der Waals surface area contributed by atoms with Crippen molar-refractivity contribution >= 4 is 21.6 Å². The second kappa shape index (κ2) is 5.43. The largest absolute Gasteiger partial charge is 0.374 e. The molecule has 1 aliphatic carbocycles. The number of ether oxygens (including phenoxy) is 1. The Morgan fingerprint density at radius 2 is 2.26 bits per heavy atom. The van der Waals surface area contributed by atoms with Crippen molar-refractivity contribution in [3.05, 3.63) is 28.2 Å². The highest BCUT2D eigenvalue weighted by molar-refractivity contribution is 9.10. The normalized spacial score (nSPS) is 28.3. The van der Waals surface area contributed by atoms with Crippen molar-refractivity contribution in [1.82, 2.24) is 0 Å². The van der Waals surface area contributed by atoms with Crippen LogP contribution in [-0.4, -0.2) is 25.3 Å². The van der Waals surface area contributed by atoms with Gasteiger partial charge in [0.1, 0.15) is 0 Å². The number of hydrogen-bond acceptors (Lipinski definition) is 3. The minimum absolute atomic E-state index is 0.0780. The molecule has 0 aromatic heterocycles. The van der Waals surface area contributed by atoms with Gasteiger partial charge >= 0.3 is 0 Å². The van der Waals surface area contributed by atoms with Crippen LogP contribution in [0.1, 0.15) is 37.8 Å². The molecule has 1 aliphatic heterocycles. The first-order valence-electron chi connectivity index (χ1n) is 7.10. The number of nitrogens with two attached hydrogens (primary N) is 1. The van der Waals surface area contributed by atoms with Crippen molar-refractivity contribution in [3.63, 3.8) is 0 Å². The zero-order chi connectivity index (χ0) is 13.4. The summed E-state index contributed by atoms with van der Waals surface area (Å²) in [5.41, 5.74) is 8.40. The van der Waals surface area contributed by atoms with Crippen LogP contribution in [0.4, 0.5) is 5.69 Å². The van der Waals surface area contributed by atoms with Gasteiger partial charge in [-0.05, 0) is 59.8 Å². The Morgan fingerprint density at radius 3 is 3.00 bits per heavy atom. The van der Waals surface area contributed by atoms with Gasteiger partial charge in [-0.2, -0.15) is 0 Å². The lowest BCUT2D eigenvalue weighted by Gasteiger charge is -2.40. The molecule has 1 aromatic rings. The fourth-order valence-corrected chi connectivity index (χ4v) is 3.89. The van der Waals surface area contributed by atoms with Gasteiger partial charge in [0.05, 0.1) is 24.4 Å². The topological polar surface area (TPSA) is 38.5 Å². The van der Waals surface area contributed by atoms with E-state index in [-0.39, 0.29) is 6.04 Å². The minimum atomic E-state index is 0.0780. The van der Waals surface area contributed by atoms with Crippen molar-refractivity contribution in [2.75, 3.05) is 18.1 Å². The third-order valence-electron chi connectivity index (χ3n) is 4.29. The third-order valence-corrected chi connectivity index (χ3v) is 4.92. The van der Waals surface area contributed by atoms with Gasteiger partial charge in [-0.3, -0.25) is 0 Å². The van der Waals surface area contributed by atoms with Crippen LogP contribution < -0.4 is 10.6 Å². The van der Waals surface area contributed by atoms with Gasteiger partial charge in [0.15, 0.2) is 0 Å². The fourth-order valence-electron chi connectivity index (χ4n) is 3.26. The van der Waals surface area contributed by atoms with Gasteiger partial charge in [0, 0.05) is 17.1 Å². The van der Waals surface area contributed by atoms with Crippen LogP contribution in [-0.2, 0) is 4.74 Å². The van der Waals surface area contributed by atoms with Crippen LogP contribution in [0.2, 0.25) is 0 Å². The average molecular weight is 325 g/mol. The van der Waals surface area contributed by atoms with Crippen molar-refractivity contribution in [1.29, 1.82) is 0 Å². The van der Waals surface area contributed by atoms with Crippen LogP contribution in [0.25, 0.3) is 0 Å². The first-order valence-corrected chi connectivity index (χ1v) is 7.89. The number of fused-ring (bicyclic) bond motifs is 1. The molecule has 0 bridgehead atoms. The van der Waals surface area contributed by atoms with E-state index in [1.54, 1.807) is 0 Å². The molecule has 0 amide bonds. The number of halogens is 1. The van der Waals surface area contributed by atoms with E-state index in [4.69, 9.17) is 10.5 Å². The van der Waals surface area contributed by atoms with Crippen molar-refractivity contribution in [2.45, 2.75) is 44.4 Å². The Hall–Kier alpha value is -0.580. The van der Waals surface area contributed by atoms with Crippen LogP contribution in [0, 0.1) is 0 Å². The molecule has 2 aliphatic rings. The van der Waals surface area contributed by atoms with Crippen LogP contribution in [0.5, 0.6) is 0 Å². The van der Waals surface area contributed by atoms with Gasteiger partial charge in [-0.1, -0.05) is 6.07 Å². The van der Waals surface area contributed by atoms with Crippen molar-refractivity contribution < 1.29 is 4.74 Å². The molecule has 0 spiro atoms. The van der Waals surface area contributed by atoms with E-state index < -0.39 is 0 Å². The number of rotatable bonds is 2. The van der Waals surface area contributed by atoms with Crippen LogP contribution in [0.15, 0.2) is 22.7 Å². The Labute approximate surface area is 123 Å².